The Hall–Kier alpha value is -3.29. The highest BCUT2D eigenvalue weighted by atomic mass is 19.1. The van der Waals surface area contributed by atoms with Gasteiger partial charge >= 0.3 is 5.69 Å². The predicted molar refractivity (Wildman–Crippen MR) is 81.9 cm³/mol. The first kappa shape index (κ1) is 15.6. The van der Waals surface area contributed by atoms with Crippen LogP contribution in [0.3, 0.4) is 0 Å². The van der Waals surface area contributed by atoms with Crippen molar-refractivity contribution in [2.45, 2.75) is 13.5 Å². The number of nitro groups is 1. The fraction of sp³-hybridized carbons (Fsp3) is 0.125. The molecular formula is C16H12FN3O4. The lowest BCUT2D eigenvalue weighted by molar-refractivity contribution is -0.386. The van der Waals surface area contributed by atoms with Crippen molar-refractivity contribution in [2.24, 2.45) is 0 Å². The standard InChI is InChI=1S/C16H12FN3O4/c1-10-2-7-13(20(21)22)14(8-10)23-9-15-18-16(24-19-15)11-3-5-12(17)6-4-11/h2-8H,9H2,1H3. The number of halogens is 1. The second-order valence-electron chi connectivity index (χ2n) is 5.04. The number of aryl methyl sites for hydroxylation is 1. The number of hydrogen-bond donors (Lipinski definition) is 0. The Labute approximate surface area is 135 Å². The van der Waals surface area contributed by atoms with Gasteiger partial charge in [0.1, 0.15) is 5.82 Å². The zero-order valence-corrected chi connectivity index (χ0v) is 12.6. The van der Waals surface area contributed by atoms with E-state index in [9.17, 15) is 14.5 Å². The van der Waals surface area contributed by atoms with Gasteiger partial charge in [0.15, 0.2) is 12.4 Å². The van der Waals surface area contributed by atoms with E-state index < -0.39 is 4.92 Å². The maximum atomic E-state index is 12.9. The molecule has 0 radical (unpaired) electrons. The molecule has 0 aliphatic rings. The molecule has 3 rings (SSSR count). The van der Waals surface area contributed by atoms with Crippen LogP contribution in [-0.2, 0) is 6.61 Å². The van der Waals surface area contributed by atoms with Crippen LogP contribution in [0.25, 0.3) is 11.5 Å². The summed E-state index contributed by atoms with van der Waals surface area (Å²) in [7, 11) is 0. The molecule has 0 saturated heterocycles. The zero-order valence-electron chi connectivity index (χ0n) is 12.6. The van der Waals surface area contributed by atoms with E-state index in [1.165, 1.54) is 30.3 Å². The SMILES string of the molecule is Cc1ccc([N+](=O)[O-])c(OCc2noc(-c3ccc(F)cc3)n2)c1. The van der Waals surface area contributed by atoms with Crippen molar-refractivity contribution < 1.29 is 18.6 Å². The first-order chi connectivity index (χ1) is 11.5. The van der Waals surface area contributed by atoms with E-state index in [1.54, 1.807) is 19.1 Å². The van der Waals surface area contributed by atoms with E-state index in [0.717, 1.165) is 5.56 Å². The highest BCUT2D eigenvalue weighted by Crippen LogP contribution is 2.28. The van der Waals surface area contributed by atoms with Gasteiger partial charge in [-0.2, -0.15) is 4.98 Å². The van der Waals surface area contributed by atoms with Crippen molar-refractivity contribution in [2.75, 3.05) is 0 Å². The van der Waals surface area contributed by atoms with Crippen molar-refractivity contribution in [1.82, 2.24) is 10.1 Å². The van der Waals surface area contributed by atoms with Crippen LogP contribution >= 0.6 is 0 Å². The van der Waals surface area contributed by atoms with Gasteiger partial charge in [-0.05, 0) is 42.8 Å². The van der Waals surface area contributed by atoms with Gasteiger partial charge in [0.05, 0.1) is 4.92 Å². The third-order valence-electron chi connectivity index (χ3n) is 3.23. The molecular weight excluding hydrogens is 317 g/mol. The lowest BCUT2D eigenvalue weighted by Gasteiger charge is -2.05. The van der Waals surface area contributed by atoms with Crippen molar-refractivity contribution >= 4 is 5.69 Å². The third-order valence-corrected chi connectivity index (χ3v) is 3.23. The van der Waals surface area contributed by atoms with E-state index in [4.69, 9.17) is 9.26 Å². The molecule has 0 saturated carbocycles. The molecule has 8 heteroatoms. The average Bonchev–Trinajstić information content (AvgIpc) is 3.02. The number of rotatable bonds is 5. The van der Waals surface area contributed by atoms with E-state index in [-0.39, 0.29) is 35.6 Å². The summed E-state index contributed by atoms with van der Waals surface area (Å²) >= 11 is 0. The molecule has 0 N–H and O–H groups in total. The van der Waals surface area contributed by atoms with E-state index in [1.807, 2.05) is 0 Å². The van der Waals surface area contributed by atoms with Crippen LogP contribution in [-0.4, -0.2) is 15.1 Å². The van der Waals surface area contributed by atoms with Crippen molar-refractivity contribution in [3.05, 3.63) is 69.8 Å². The van der Waals surface area contributed by atoms with Crippen LogP contribution in [0.1, 0.15) is 11.4 Å². The molecule has 122 valence electrons. The molecule has 1 heterocycles. The molecule has 0 aliphatic carbocycles. The van der Waals surface area contributed by atoms with Gasteiger partial charge in [-0.3, -0.25) is 10.1 Å². The largest absolute Gasteiger partial charge is 0.478 e. The highest BCUT2D eigenvalue weighted by molar-refractivity contribution is 5.52. The number of nitrogens with zero attached hydrogens (tertiary/aromatic N) is 3. The Bertz CT molecular complexity index is 877. The van der Waals surface area contributed by atoms with E-state index in [0.29, 0.717) is 5.56 Å². The molecule has 3 aromatic rings. The molecule has 0 spiro atoms. The summed E-state index contributed by atoms with van der Waals surface area (Å²) in [6.07, 6.45) is 0. The van der Waals surface area contributed by atoms with Crippen LogP contribution in [0.5, 0.6) is 5.75 Å². The summed E-state index contributed by atoms with van der Waals surface area (Å²) in [5.41, 5.74) is 1.26. The van der Waals surface area contributed by atoms with Gasteiger partial charge in [-0.25, -0.2) is 4.39 Å². The molecule has 0 bridgehead atoms. The Kier molecular flexibility index (Phi) is 4.19. The number of hydrogen-bond acceptors (Lipinski definition) is 6. The molecule has 0 aliphatic heterocycles. The first-order valence-electron chi connectivity index (χ1n) is 6.99. The fourth-order valence-electron chi connectivity index (χ4n) is 2.05. The van der Waals surface area contributed by atoms with Crippen molar-refractivity contribution in [3.8, 4) is 17.2 Å². The summed E-state index contributed by atoms with van der Waals surface area (Å²) in [5.74, 6) is 0.208. The molecule has 0 amide bonds. The normalized spacial score (nSPS) is 10.6. The lowest BCUT2D eigenvalue weighted by Crippen LogP contribution is -2.01. The second kappa shape index (κ2) is 6.45. The number of benzene rings is 2. The smallest absolute Gasteiger partial charge is 0.310 e. The Balaban J connectivity index is 1.75. The minimum absolute atomic E-state index is 0.0883. The first-order valence-corrected chi connectivity index (χ1v) is 6.99. The third kappa shape index (κ3) is 3.37. The van der Waals surface area contributed by atoms with Gasteiger partial charge in [0, 0.05) is 11.6 Å². The van der Waals surface area contributed by atoms with E-state index in [2.05, 4.69) is 10.1 Å². The molecule has 1 aromatic heterocycles. The minimum Gasteiger partial charge on any atom is -0.478 e. The Morgan fingerprint density at radius 1 is 1.25 bits per heavy atom. The Morgan fingerprint density at radius 3 is 2.71 bits per heavy atom. The number of nitro benzene ring substituents is 1. The summed E-state index contributed by atoms with van der Waals surface area (Å²) in [6, 6.07) is 10.2. The summed E-state index contributed by atoms with van der Waals surface area (Å²) < 4.78 is 23.4. The topological polar surface area (TPSA) is 91.3 Å². The van der Waals surface area contributed by atoms with Gasteiger partial charge in [-0.15, -0.1) is 0 Å². The second-order valence-corrected chi connectivity index (χ2v) is 5.04. The van der Waals surface area contributed by atoms with Gasteiger partial charge in [0.2, 0.25) is 5.82 Å². The van der Waals surface area contributed by atoms with Crippen molar-refractivity contribution in [3.63, 3.8) is 0 Å². The summed E-state index contributed by atoms with van der Waals surface area (Å²) in [6.45, 7) is 1.71. The minimum atomic E-state index is -0.519. The average molecular weight is 329 g/mol. The predicted octanol–water partition coefficient (Wildman–Crippen LogP) is 3.67. The highest BCUT2D eigenvalue weighted by Gasteiger charge is 2.16. The quantitative estimate of drug-likeness (QED) is 0.524. The van der Waals surface area contributed by atoms with Crippen LogP contribution < -0.4 is 4.74 Å². The maximum absolute atomic E-state index is 12.9. The molecule has 0 fully saturated rings. The van der Waals surface area contributed by atoms with Crippen LogP contribution in [0.15, 0.2) is 47.0 Å². The van der Waals surface area contributed by atoms with Crippen molar-refractivity contribution in [1.29, 1.82) is 0 Å². The summed E-state index contributed by atoms with van der Waals surface area (Å²) in [4.78, 5) is 14.6. The van der Waals surface area contributed by atoms with Crippen LogP contribution in [0, 0.1) is 22.9 Å². The molecule has 0 unspecified atom stereocenters. The Morgan fingerprint density at radius 2 is 2.00 bits per heavy atom. The maximum Gasteiger partial charge on any atom is 0.310 e. The van der Waals surface area contributed by atoms with Crippen LogP contribution in [0.4, 0.5) is 10.1 Å². The molecule has 2 aromatic carbocycles. The van der Waals surface area contributed by atoms with Gasteiger partial charge < -0.3 is 9.26 Å². The summed E-state index contributed by atoms with van der Waals surface area (Å²) in [5, 5.41) is 14.8. The lowest BCUT2D eigenvalue weighted by atomic mass is 10.2. The van der Waals surface area contributed by atoms with E-state index >= 15 is 0 Å². The fourth-order valence-corrected chi connectivity index (χ4v) is 2.05. The molecule has 7 nitrogen and oxygen atoms in total. The monoisotopic (exact) mass is 329 g/mol. The molecule has 24 heavy (non-hydrogen) atoms. The zero-order chi connectivity index (χ0) is 17.1. The van der Waals surface area contributed by atoms with Crippen LogP contribution in [0.2, 0.25) is 0 Å². The number of ether oxygens (including phenoxy) is 1. The van der Waals surface area contributed by atoms with Gasteiger partial charge in [0.25, 0.3) is 5.89 Å². The molecule has 0 atom stereocenters. The van der Waals surface area contributed by atoms with Gasteiger partial charge in [-0.1, -0.05) is 11.2 Å². The number of aromatic nitrogens is 2.